The van der Waals surface area contributed by atoms with Crippen LogP contribution in [-0.4, -0.2) is 62.8 Å². The van der Waals surface area contributed by atoms with E-state index in [-0.39, 0.29) is 31.1 Å². The minimum Gasteiger partial charge on any atom is -0.465 e. The van der Waals surface area contributed by atoms with Gasteiger partial charge in [0.25, 0.3) is 0 Å². The van der Waals surface area contributed by atoms with Gasteiger partial charge in [-0.15, -0.1) is 0 Å². The molecule has 0 fully saturated rings. The lowest BCUT2D eigenvalue weighted by Gasteiger charge is -2.15. The lowest BCUT2D eigenvalue weighted by molar-refractivity contribution is -0.144. The number of hydrogen-bond donors (Lipinski definition) is 1. The third kappa shape index (κ3) is 11.7. The average molecular weight is 274 g/mol. The van der Waals surface area contributed by atoms with Crippen molar-refractivity contribution >= 4 is 11.9 Å². The number of likely N-dealkylation sites (N-methyl/N-ethyl adjacent to an activating group) is 1. The van der Waals surface area contributed by atoms with E-state index in [9.17, 15) is 9.59 Å². The van der Waals surface area contributed by atoms with E-state index in [0.29, 0.717) is 19.8 Å². The van der Waals surface area contributed by atoms with Gasteiger partial charge in [-0.05, 0) is 34.2 Å². The zero-order valence-corrected chi connectivity index (χ0v) is 12.4. The second-order valence-electron chi connectivity index (χ2n) is 4.60. The molecule has 0 aliphatic carbocycles. The lowest BCUT2D eigenvalue weighted by Crippen LogP contribution is -2.38. The van der Waals surface area contributed by atoms with Crippen LogP contribution in [-0.2, 0) is 19.1 Å². The molecule has 1 amide bonds. The van der Waals surface area contributed by atoms with Gasteiger partial charge in [-0.2, -0.15) is 0 Å². The Morgan fingerprint density at radius 1 is 1.26 bits per heavy atom. The quantitative estimate of drug-likeness (QED) is 0.462. The molecule has 0 heterocycles. The highest BCUT2D eigenvalue weighted by Gasteiger charge is 2.10. The van der Waals surface area contributed by atoms with Crippen molar-refractivity contribution in [2.24, 2.45) is 0 Å². The fourth-order valence-electron chi connectivity index (χ4n) is 1.40. The van der Waals surface area contributed by atoms with E-state index >= 15 is 0 Å². The van der Waals surface area contributed by atoms with Crippen LogP contribution in [0.3, 0.4) is 0 Å². The fraction of sp³-hybridized carbons (Fsp3) is 0.846. The smallest absolute Gasteiger partial charge is 0.320 e. The SMILES string of the molecule is CCOC(=O)CN(C)CC(=O)NCCCOC(C)C. The number of nitrogens with zero attached hydrogens (tertiary/aromatic N) is 1. The highest BCUT2D eigenvalue weighted by atomic mass is 16.5. The molecule has 0 aromatic heterocycles. The van der Waals surface area contributed by atoms with Crippen molar-refractivity contribution in [3.63, 3.8) is 0 Å². The highest BCUT2D eigenvalue weighted by molar-refractivity contribution is 5.79. The Morgan fingerprint density at radius 2 is 1.95 bits per heavy atom. The minimum absolute atomic E-state index is 0.101. The Morgan fingerprint density at radius 3 is 2.53 bits per heavy atom. The summed E-state index contributed by atoms with van der Waals surface area (Å²) in [5.41, 5.74) is 0. The summed E-state index contributed by atoms with van der Waals surface area (Å²) >= 11 is 0. The molecule has 0 unspecified atom stereocenters. The zero-order chi connectivity index (χ0) is 14.7. The molecule has 0 aromatic rings. The molecule has 0 saturated heterocycles. The molecule has 0 aliphatic heterocycles. The molecule has 0 aromatic carbocycles. The standard InChI is InChI=1S/C13H26N2O4/c1-5-18-13(17)10-15(4)9-12(16)14-7-6-8-19-11(2)3/h11H,5-10H2,1-4H3,(H,14,16). The summed E-state index contributed by atoms with van der Waals surface area (Å²) in [6.07, 6.45) is 0.998. The summed E-state index contributed by atoms with van der Waals surface area (Å²) in [6.45, 7) is 7.58. The van der Waals surface area contributed by atoms with Gasteiger partial charge in [0, 0.05) is 13.2 Å². The predicted octanol–water partition coefficient (Wildman–Crippen LogP) is 0.413. The van der Waals surface area contributed by atoms with Crippen molar-refractivity contribution in [3.8, 4) is 0 Å². The molecular formula is C13H26N2O4. The second kappa shape index (κ2) is 10.8. The summed E-state index contributed by atoms with van der Waals surface area (Å²) in [6, 6.07) is 0. The van der Waals surface area contributed by atoms with Crippen molar-refractivity contribution in [2.45, 2.75) is 33.3 Å². The Hall–Kier alpha value is -1.14. The van der Waals surface area contributed by atoms with Gasteiger partial charge in [-0.25, -0.2) is 0 Å². The number of nitrogens with one attached hydrogen (secondary N) is 1. The number of hydrogen-bond acceptors (Lipinski definition) is 5. The number of amides is 1. The summed E-state index contributed by atoms with van der Waals surface area (Å²) in [5.74, 6) is -0.417. The average Bonchev–Trinajstić information content (AvgIpc) is 2.27. The lowest BCUT2D eigenvalue weighted by atomic mass is 10.4. The predicted molar refractivity (Wildman–Crippen MR) is 72.8 cm³/mol. The molecular weight excluding hydrogens is 248 g/mol. The van der Waals surface area contributed by atoms with Crippen molar-refractivity contribution < 1.29 is 19.1 Å². The topological polar surface area (TPSA) is 67.9 Å². The molecule has 0 radical (unpaired) electrons. The molecule has 6 nitrogen and oxygen atoms in total. The van der Waals surface area contributed by atoms with Gasteiger partial charge in [0.2, 0.25) is 5.91 Å². The first-order chi connectivity index (χ1) is 8.95. The first-order valence-electron chi connectivity index (χ1n) is 6.68. The molecule has 0 bridgehead atoms. The van der Waals surface area contributed by atoms with Crippen LogP contribution in [0.2, 0.25) is 0 Å². The van der Waals surface area contributed by atoms with Crippen LogP contribution in [0, 0.1) is 0 Å². The molecule has 19 heavy (non-hydrogen) atoms. The van der Waals surface area contributed by atoms with E-state index in [1.165, 1.54) is 0 Å². The number of carbonyl (C=O) groups excluding carboxylic acids is 2. The number of esters is 1. The van der Waals surface area contributed by atoms with E-state index < -0.39 is 0 Å². The first kappa shape index (κ1) is 17.9. The molecule has 0 saturated carbocycles. The monoisotopic (exact) mass is 274 g/mol. The highest BCUT2D eigenvalue weighted by Crippen LogP contribution is 1.90. The van der Waals surface area contributed by atoms with E-state index in [2.05, 4.69) is 5.32 Å². The van der Waals surface area contributed by atoms with Gasteiger partial charge in [-0.3, -0.25) is 14.5 Å². The number of ether oxygens (including phenoxy) is 2. The number of rotatable bonds is 10. The Balaban J connectivity index is 3.59. The van der Waals surface area contributed by atoms with Gasteiger partial charge < -0.3 is 14.8 Å². The van der Waals surface area contributed by atoms with Crippen molar-refractivity contribution in [3.05, 3.63) is 0 Å². The third-order valence-corrected chi connectivity index (χ3v) is 2.21. The van der Waals surface area contributed by atoms with Crippen LogP contribution in [0.25, 0.3) is 0 Å². The van der Waals surface area contributed by atoms with E-state index in [1.54, 1.807) is 18.9 Å². The molecule has 0 spiro atoms. The van der Waals surface area contributed by atoms with Crippen molar-refractivity contribution in [1.29, 1.82) is 0 Å². The zero-order valence-electron chi connectivity index (χ0n) is 12.4. The Bertz CT molecular complexity index is 269. The normalized spacial score (nSPS) is 10.8. The fourth-order valence-corrected chi connectivity index (χ4v) is 1.40. The largest absolute Gasteiger partial charge is 0.465 e. The van der Waals surface area contributed by atoms with E-state index in [4.69, 9.17) is 9.47 Å². The molecule has 0 rings (SSSR count). The van der Waals surface area contributed by atoms with Crippen LogP contribution in [0.15, 0.2) is 0 Å². The molecule has 0 aliphatic rings. The molecule has 112 valence electrons. The summed E-state index contributed by atoms with van der Waals surface area (Å²) in [5, 5.41) is 2.78. The molecule has 0 atom stereocenters. The molecule has 1 N–H and O–H groups in total. The van der Waals surface area contributed by atoms with E-state index in [0.717, 1.165) is 6.42 Å². The van der Waals surface area contributed by atoms with Crippen molar-refractivity contribution in [1.82, 2.24) is 10.2 Å². The van der Waals surface area contributed by atoms with E-state index in [1.807, 2.05) is 13.8 Å². The maximum Gasteiger partial charge on any atom is 0.320 e. The maximum absolute atomic E-state index is 11.5. The summed E-state index contributed by atoms with van der Waals surface area (Å²) < 4.78 is 10.2. The van der Waals surface area contributed by atoms with Crippen LogP contribution in [0.4, 0.5) is 0 Å². The van der Waals surface area contributed by atoms with Crippen LogP contribution in [0.5, 0.6) is 0 Å². The molecule has 6 heteroatoms. The first-order valence-corrected chi connectivity index (χ1v) is 6.68. The van der Waals surface area contributed by atoms with Gasteiger partial charge in [-0.1, -0.05) is 0 Å². The van der Waals surface area contributed by atoms with Gasteiger partial charge >= 0.3 is 5.97 Å². The van der Waals surface area contributed by atoms with Gasteiger partial charge in [0.15, 0.2) is 0 Å². The Kier molecular flexibility index (Phi) is 10.1. The van der Waals surface area contributed by atoms with Gasteiger partial charge in [0.05, 0.1) is 25.8 Å². The van der Waals surface area contributed by atoms with Crippen molar-refractivity contribution in [2.75, 3.05) is 39.9 Å². The maximum atomic E-state index is 11.5. The van der Waals surface area contributed by atoms with Crippen LogP contribution >= 0.6 is 0 Å². The minimum atomic E-state index is -0.317. The summed E-state index contributed by atoms with van der Waals surface area (Å²) in [4.78, 5) is 24.4. The van der Waals surface area contributed by atoms with Crippen LogP contribution in [0.1, 0.15) is 27.2 Å². The van der Waals surface area contributed by atoms with Gasteiger partial charge in [0.1, 0.15) is 0 Å². The Labute approximate surface area is 115 Å². The number of carbonyl (C=O) groups is 2. The third-order valence-electron chi connectivity index (χ3n) is 2.21. The second-order valence-corrected chi connectivity index (χ2v) is 4.60. The summed E-state index contributed by atoms with van der Waals surface area (Å²) in [7, 11) is 1.71. The van der Waals surface area contributed by atoms with Crippen LogP contribution < -0.4 is 5.32 Å².